The molecule has 0 aliphatic heterocycles. The molecule has 0 bridgehead atoms. The fourth-order valence-corrected chi connectivity index (χ4v) is 1.88. The minimum absolute atomic E-state index is 0.132. The molecule has 0 saturated heterocycles. The molecule has 1 rings (SSSR count). The molecule has 1 aliphatic rings. The molecular formula is C11H18O2. The van der Waals surface area contributed by atoms with Gasteiger partial charge in [0.2, 0.25) is 0 Å². The van der Waals surface area contributed by atoms with Gasteiger partial charge in [0.15, 0.2) is 11.6 Å². The molecule has 74 valence electrons. The molecular weight excluding hydrogens is 164 g/mol. The quantitative estimate of drug-likeness (QED) is 0.494. The van der Waals surface area contributed by atoms with E-state index < -0.39 is 0 Å². The summed E-state index contributed by atoms with van der Waals surface area (Å²) in [6.07, 6.45) is 6.76. The first-order chi connectivity index (χ1) is 6.24. The smallest absolute Gasteiger partial charge is 0.198 e. The van der Waals surface area contributed by atoms with Crippen molar-refractivity contribution < 1.29 is 9.59 Å². The van der Waals surface area contributed by atoms with Crippen molar-refractivity contribution in [2.75, 3.05) is 0 Å². The van der Waals surface area contributed by atoms with Crippen LogP contribution in [0.4, 0.5) is 0 Å². The van der Waals surface area contributed by atoms with Gasteiger partial charge < -0.3 is 0 Å². The van der Waals surface area contributed by atoms with E-state index >= 15 is 0 Å². The van der Waals surface area contributed by atoms with Crippen LogP contribution < -0.4 is 0 Å². The molecule has 2 heteroatoms. The Morgan fingerprint density at radius 1 is 1.23 bits per heavy atom. The SMILES string of the molecule is CCCCCC1CCC(=O)C(=O)C1. The summed E-state index contributed by atoms with van der Waals surface area (Å²) in [5, 5.41) is 0. The van der Waals surface area contributed by atoms with Crippen LogP contribution in [0.15, 0.2) is 0 Å². The molecule has 0 N–H and O–H groups in total. The topological polar surface area (TPSA) is 34.1 Å². The zero-order valence-corrected chi connectivity index (χ0v) is 8.34. The Bertz CT molecular complexity index is 196. The van der Waals surface area contributed by atoms with E-state index in [0.29, 0.717) is 18.8 Å². The van der Waals surface area contributed by atoms with Crippen molar-refractivity contribution in [3.63, 3.8) is 0 Å². The average molecular weight is 182 g/mol. The molecule has 0 aromatic carbocycles. The average Bonchev–Trinajstić information content (AvgIpc) is 2.12. The summed E-state index contributed by atoms with van der Waals surface area (Å²) in [4.78, 5) is 22.0. The lowest BCUT2D eigenvalue weighted by Gasteiger charge is -2.19. The third-order valence-electron chi connectivity index (χ3n) is 2.78. The molecule has 2 nitrogen and oxygen atoms in total. The first-order valence-electron chi connectivity index (χ1n) is 5.30. The van der Waals surface area contributed by atoms with E-state index in [1.807, 2.05) is 0 Å². The van der Waals surface area contributed by atoms with Crippen LogP contribution in [0.25, 0.3) is 0 Å². The standard InChI is InChI=1S/C11H18O2/c1-2-3-4-5-9-6-7-10(12)11(13)8-9/h9H,2-8H2,1H3. The lowest BCUT2D eigenvalue weighted by atomic mass is 9.84. The Balaban J connectivity index is 2.21. The van der Waals surface area contributed by atoms with Gasteiger partial charge in [0.05, 0.1) is 0 Å². The second-order valence-corrected chi connectivity index (χ2v) is 3.95. The molecule has 0 aromatic heterocycles. The molecule has 13 heavy (non-hydrogen) atoms. The van der Waals surface area contributed by atoms with Crippen LogP contribution >= 0.6 is 0 Å². The normalized spacial score (nSPS) is 23.6. The largest absolute Gasteiger partial charge is 0.291 e. The van der Waals surface area contributed by atoms with Gasteiger partial charge in [0, 0.05) is 12.8 Å². The number of hydrogen-bond acceptors (Lipinski definition) is 2. The van der Waals surface area contributed by atoms with Gasteiger partial charge in [-0.1, -0.05) is 26.2 Å². The van der Waals surface area contributed by atoms with E-state index in [1.54, 1.807) is 0 Å². The predicted molar refractivity (Wildman–Crippen MR) is 51.5 cm³/mol. The monoisotopic (exact) mass is 182 g/mol. The highest BCUT2D eigenvalue weighted by atomic mass is 16.2. The van der Waals surface area contributed by atoms with Crippen LogP contribution in [-0.2, 0) is 9.59 Å². The van der Waals surface area contributed by atoms with Gasteiger partial charge in [-0.3, -0.25) is 9.59 Å². The van der Waals surface area contributed by atoms with Crippen LogP contribution in [0, 0.1) is 5.92 Å². The Hall–Kier alpha value is -0.660. The maximum absolute atomic E-state index is 11.1. The van der Waals surface area contributed by atoms with Crippen LogP contribution in [0.1, 0.15) is 51.9 Å². The fourth-order valence-electron chi connectivity index (χ4n) is 1.88. The minimum atomic E-state index is -0.147. The zero-order chi connectivity index (χ0) is 9.68. The van der Waals surface area contributed by atoms with Gasteiger partial charge in [0.1, 0.15) is 0 Å². The third kappa shape index (κ3) is 3.29. The number of hydrogen-bond donors (Lipinski definition) is 0. The summed E-state index contributed by atoms with van der Waals surface area (Å²) in [7, 11) is 0. The fraction of sp³-hybridized carbons (Fsp3) is 0.818. The highest BCUT2D eigenvalue weighted by molar-refractivity contribution is 6.37. The number of ketones is 2. The summed E-state index contributed by atoms with van der Waals surface area (Å²) in [5.41, 5.74) is 0. The summed E-state index contributed by atoms with van der Waals surface area (Å²) >= 11 is 0. The van der Waals surface area contributed by atoms with E-state index in [4.69, 9.17) is 0 Å². The molecule has 1 unspecified atom stereocenters. The van der Waals surface area contributed by atoms with Gasteiger partial charge in [-0.2, -0.15) is 0 Å². The summed E-state index contributed by atoms with van der Waals surface area (Å²) in [6, 6.07) is 0. The maximum atomic E-state index is 11.1. The zero-order valence-electron chi connectivity index (χ0n) is 8.34. The number of unbranched alkanes of at least 4 members (excludes halogenated alkanes) is 2. The van der Waals surface area contributed by atoms with Crippen LogP contribution in [-0.4, -0.2) is 11.6 Å². The van der Waals surface area contributed by atoms with Crippen molar-refractivity contribution in [1.29, 1.82) is 0 Å². The first-order valence-corrected chi connectivity index (χ1v) is 5.30. The van der Waals surface area contributed by atoms with Crippen LogP contribution in [0.5, 0.6) is 0 Å². The summed E-state index contributed by atoms with van der Waals surface area (Å²) in [5.74, 6) is 0.219. The van der Waals surface area contributed by atoms with Crippen molar-refractivity contribution >= 4 is 11.6 Å². The highest BCUT2D eigenvalue weighted by Crippen LogP contribution is 2.24. The molecule has 1 aliphatic carbocycles. The van der Waals surface area contributed by atoms with Gasteiger partial charge in [-0.25, -0.2) is 0 Å². The molecule has 1 saturated carbocycles. The molecule has 1 fully saturated rings. The molecule has 0 amide bonds. The van der Waals surface area contributed by atoms with Gasteiger partial charge >= 0.3 is 0 Å². The second-order valence-electron chi connectivity index (χ2n) is 3.95. The van der Waals surface area contributed by atoms with E-state index in [2.05, 4.69) is 6.92 Å². The van der Waals surface area contributed by atoms with E-state index in [9.17, 15) is 9.59 Å². The van der Waals surface area contributed by atoms with Crippen molar-refractivity contribution in [2.45, 2.75) is 51.9 Å². The van der Waals surface area contributed by atoms with Crippen molar-refractivity contribution in [2.24, 2.45) is 5.92 Å². The number of Topliss-reactive ketones (excluding diaryl/α,β-unsaturated/α-hetero) is 2. The number of carbonyl (C=O) groups is 2. The van der Waals surface area contributed by atoms with Gasteiger partial charge in [-0.05, 0) is 18.8 Å². The minimum Gasteiger partial charge on any atom is -0.291 e. The van der Waals surface area contributed by atoms with E-state index in [1.165, 1.54) is 19.3 Å². The Kier molecular flexibility index (Phi) is 4.13. The lowest BCUT2D eigenvalue weighted by molar-refractivity contribution is -0.139. The number of carbonyl (C=O) groups excluding carboxylic acids is 2. The Morgan fingerprint density at radius 3 is 2.62 bits per heavy atom. The van der Waals surface area contributed by atoms with E-state index in [-0.39, 0.29) is 11.6 Å². The van der Waals surface area contributed by atoms with Gasteiger partial charge in [-0.15, -0.1) is 0 Å². The predicted octanol–water partition coefficient (Wildman–Crippen LogP) is 2.51. The number of rotatable bonds is 4. The molecule has 0 radical (unpaired) electrons. The van der Waals surface area contributed by atoms with Crippen molar-refractivity contribution in [3.05, 3.63) is 0 Å². The molecule has 0 spiro atoms. The van der Waals surface area contributed by atoms with Crippen LogP contribution in [0.2, 0.25) is 0 Å². The third-order valence-corrected chi connectivity index (χ3v) is 2.78. The summed E-state index contributed by atoms with van der Waals surface area (Å²) < 4.78 is 0. The lowest BCUT2D eigenvalue weighted by Crippen LogP contribution is -2.24. The second kappa shape index (κ2) is 5.15. The Labute approximate surface area is 79.7 Å². The highest BCUT2D eigenvalue weighted by Gasteiger charge is 2.25. The Morgan fingerprint density at radius 2 is 2.00 bits per heavy atom. The van der Waals surface area contributed by atoms with E-state index in [0.717, 1.165) is 12.8 Å². The van der Waals surface area contributed by atoms with Crippen molar-refractivity contribution in [1.82, 2.24) is 0 Å². The molecule has 1 atom stereocenters. The first kappa shape index (κ1) is 10.4. The molecule has 0 heterocycles. The van der Waals surface area contributed by atoms with Crippen molar-refractivity contribution in [3.8, 4) is 0 Å². The van der Waals surface area contributed by atoms with Crippen LogP contribution in [0.3, 0.4) is 0 Å². The summed E-state index contributed by atoms with van der Waals surface area (Å²) in [6.45, 7) is 2.18. The maximum Gasteiger partial charge on any atom is 0.198 e. The van der Waals surface area contributed by atoms with Gasteiger partial charge in [0.25, 0.3) is 0 Å². The molecule has 0 aromatic rings.